The molecule has 1 aliphatic rings. The molecule has 0 aromatic heterocycles. The zero-order valence-corrected chi connectivity index (χ0v) is 35.7. The van der Waals surface area contributed by atoms with Crippen molar-refractivity contribution in [1.29, 1.82) is 0 Å². The van der Waals surface area contributed by atoms with Gasteiger partial charge in [-0.3, -0.25) is 0 Å². The Morgan fingerprint density at radius 1 is 0.660 bits per heavy atom. The van der Waals surface area contributed by atoms with Crippen LogP contribution in [0.25, 0.3) is 0 Å². The maximum atomic E-state index is 13.4. The molecule has 0 atom stereocenters. The predicted molar refractivity (Wildman–Crippen MR) is 236 cm³/mol. The van der Waals surface area contributed by atoms with Gasteiger partial charge >= 0.3 is 324 Å². The van der Waals surface area contributed by atoms with E-state index in [4.69, 9.17) is 4.52 Å². The standard InChI is InChI=1S/C47H67N2O2P2/c1-39(2)45(50)51-53(43-29-17-11-18-30-43,44-31-19-12-20-32-44)36-24-23-35-52(41-25-13-9-14-26-41,42-27-15-10-16-28-42)34-22-21-33-49(7,8)40-37-46(3,4)48-47(5,6)38-40/h9-20,25-32,40,48,52-53H,1,21-24,33-38H2,2-8H3/q+1. The number of nitrogens with one attached hydrogen (secondary N) is 1. The first kappa shape index (κ1) is 41.0. The van der Waals surface area contributed by atoms with Gasteiger partial charge in [0.25, 0.3) is 0 Å². The molecule has 1 saturated heterocycles. The van der Waals surface area contributed by atoms with Crippen LogP contribution in [0.5, 0.6) is 0 Å². The molecule has 0 unspecified atom stereocenters. The van der Waals surface area contributed by atoms with E-state index in [0.717, 1.165) is 34.1 Å². The van der Waals surface area contributed by atoms with Crippen LogP contribution in [0.3, 0.4) is 0 Å². The first-order chi connectivity index (χ1) is 25.2. The molecule has 4 aromatic rings. The molecule has 6 heteroatoms. The van der Waals surface area contributed by atoms with Gasteiger partial charge in [0, 0.05) is 0 Å². The normalized spacial score (nSPS) is 16.8. The Bertz CT molecular complexity index is 1660. The van der Waals surface area contributed by atoms with Gasteiger partial charge in [-0.05, 0) is 0 Å². The number of benzene rings is 4. The second-order valence-electron chi connectivity index (χ2n) is 17.7. The van der Waals surface area contributed by atoms with Gasteiger partial charge in [-0.25, -0.2) is 0 Å². The van der Waals surface area contributed by atoms with Crippen LogP contribution in [-0.2, 0) is 9.32 Å². The molecule has 0 aliphatic carbocycles. The molecule has 1 N–H and O–H groups in total. The Hall–Kier alpha value is -3.13. The Labute approximate surface area is 322 Å². The summed E-state index contributed by atoms with van der Waals surface area (Å²) in [5, 5.41) is 9.23. The van der Waals surface area contributed by atoms with Crippen molar-refractivity contribution in [2.75, 3.05) is 39.1 Å². The number of rotatable bonds is 17. The second-order valence-corrected chi connectivity index (χ2v) is 25.5. The minimum atomic E-state index is -2.92. The number of quaternary nitrogens is 1. The van der Waals surface area contributed by atoms with Crippen LogP contribution in [-0.4, -0.2) is 66.7 Å². The summed E-state index contributed by atoms with van der Waals surface area (Å²) in [5.41, 5.74) is 0.742. The number of hydrogen-bond donors (Lipinski definition) is 1. The molecule has 0 amide bonds. The van der Waals surface area contributed by atoms with Gasteiger partial charge in [0.05, 0.1) is 0 Å². The van der Waals surface area contributed by atoms with Crippen LogP contribution in [0.1, 0.15) is 73.1 Å². The van der Waals surface area contributed by atoms with Gasteiger partial charge < -0.3 is 0 Å². The van der Waals surface area contributed by atoms with Gasteiger partial charge in [-0.15, -0.1) is 0 Å². The second kappa shape index (κ2) is 17.6. The summed E-state index contributed by atoms with van der Waals surface area (Å²) in [6.45, 7) is 16.4. The number of hydrogen-bond acceptors (Lipinski definition) is 3. The summed E-state index contributed by atoms with van der Waals surface area (Å²) in [7, 11) is -0.138. The zero-order chi connectivity index (χ0) is 38.2. The van der Waals surface area contributed by atoms with E-state index >= 15 is 0 Å². The fourth-order valence-electron chi connectivity index (χ4n) is 9.36. The van der Waals surface area contributed by atoms with Crippen LogP contribution >= 0.6 is 14.8 Å². The van der Waals surface area contributed by atoms with Gasteiger partial charge in [0.2, 0.25) is 0 Å². The fraction of sp³-hybridized carbons (Fsp3) is 0.426. The SMILES string of the molecule is C=C(C)C(=O)O[PH](CCCC[PH](CCCC[N+](C)(C)C1CC(C)(C)NC(C)(C)C1)(c1ccccc1)c1ccccc1)(c1ccccc1)c1ccccc1. The minimum absolute atomic E-state index is 0.148. The van der Waals surface area contributed by atoms with Crippen molar-refractivity contribution < 1.29 is 13.8 Å². The number of carbonyl (C=O) groups is 1. The summed E-state index contributed by atoms with van der Waals surface area (Å²) in [5.74, 6) is -0.292. The van der Waals surface area contributed by atoms with Crippen molar-refractivity contribution >= 4 is 41.9 Å². The first-order valence-corrected chi connectivity index (χ1v) is 24.4. The molecular weight excluding hydrogens is 686 g/mol. The molecule has 1 aliphatic heterocycles. The molecule has 1 fully saturated rings. The first-order valence-electron chi connectivity index (χ1n) is 19.9. The van der Waals surface area contributed by atoms with Crippen LogP contribution in [0, 0.1) is 0 Å². The molecule has 0 saturated carbocycles. The quantitative estimate of drug-likeness (QED) is 0.0508. The van der Waals surface area contributed by atoms with Crippen molar-refractivity contribution in [2.24, 2.45) is 0 Å². The summed E-state index contributed by atoms with van der Waals surface area (Å²) < 4.78 is 7.74. The van der Waals surface area contributed by atoms with E-state index in [-0.39, 0.29) is 17.0 Å². The average Bonchev–Trinajstić information content (AvgIpc) is 3.14. The molecular formula is C47H67N2O2P2+. The zero-order valence-electron chi connectivity index (χ0n) is 33.7. The third-order valence-corrected chi connectivity index (χ3v) is 21.3. The molecule has 4 aromatic carbocycles. The van der Waals surface area contributed by atoms with Gasteiger partial charge in [0.1, 0.15) is 0 Å². The third-order valence-electron chi connectivity index (χ3n) is 11.9. The van der Waals surface area contributed by atoms with E-state index in [2.05, 4.69) is 163 Å². The third kappa shape index (κ3) is 10.3. The monoisotopic (exact) mass is 753 g/mol. The number of unbranched alkanes of at least 4 members (excludes halogenated alkanes) is 2. The van der Waals surface area contributed by atoms with Crippen molar-refractivity contribution in [2.45, 2.75) is 90.3 Å². The molecule has 286 valence electrons. The van der Waals surface area contributed by atoms with Gasteiger partial charge in [-0.1, -0.05) is 0 Å². The van der Waals surface area contributed by atoms with E-state index < -0.39 is 14.8 Å². The van der Waals surface area contributed by atoms with Crippen molar-refractivity contribution in [3.63, 3.8) is 0 Å². The van der Waals surface area contributed by atoms with E-state index in [1.165, 1.54) is 55.2 Å². The number of piperidine rings is 1. The molecule has 1 heterocycles. The average molecular weight is 754 g/mol. The Morgan fingerprint density at radius 3 is 1.45 bits per heavy atom. The topological polar surface area (TPSA) is 38.3 Å². The number of nitrogens with zero attached hydrogens (tertiary/aromatic N) is 1. The summed E-state index contributed by atoms with van der Waals surface area (Å²) in [6, 6.07) is 44.5. The van der Waals surface area contributed by atoms with Crippen LogP contribution < -0.4 is 26.5 Å². The van der Waals surface area contributed by atoms with Crippen molar-refractivity contribution in [3.05, 3.63) is 133 Å². The summed E-state index contributed by atoms with van der Waals surface area (Å²) >= 11 is 0. The molecule has 0 radical (unpaired) electrons. The van der Waals surface area contributed by atoms with Crippen molar-refractivity contribution in [1.82, 2.24) is 5.32 Å². The van der Waals surface area contributed by atoms with Crippen molar-refractivity contribution in [3.8, 4) is 0 Å². The molecule has 5 rings (SSSR count). The molecule has 4 nitrogen and oxygen atoms in total. The number of carbonyl (C=O) groups excluding carboxylic acids is 1. The van der Waals surface area contributed by atoms with E-state index in [9.17, 15) is 4.79 Å². The predicted octanol–water partition coefficient (Wildman–Crippen LogP) is 8.77. The van der Waals surface area contributed by atoms with E-state index in [1.54, 1.807) is 6.92 Å². The van der Waals surface area contributed by atoms with Crippen LogP contribution in [0.2, 0.25) is 0 Å². The van der Waals surface area contributed by atoms with Gasteiger partial charge in [-0.2, -0.15) is 0 Å². The van der Waals surface area contributed by atoms with Crippen LogP contribution in [0.15, 0.2) is 133 Å². The molecule has 0 bridgehead atoms. The Morgan fingerprint density at radius 2 is 1.04 bits per heavy atom. The van der Waals surface area contributed by atoms with E-state index in [1.807, 2.05) is 12.1 Å². The molecule has 0 spiro atoms. The Balaban J connectivity index is 1.40. The maximum absolute atomic E-state index is 13.4. The fourth-order valence-corrected chi connectivity index (χ4v) is 18.4. The van der Waals surface area contributed by atoms with E-state index in [0.29, 0.717) is 11.6 Å². The Kier molecular flexibility index (Phi) is 13.6. The molecule has 53 heavy (non-hydrogen) atoms. The summed E-state index contributed by atoms with van der Waals surface area (Å²) in [4.78, 5) is 13.4. The summed E-state index contributed by atoms with van der Waals surface area (Å²) in [6.07, 6.45) is 10.1. The van der Waals surface area contributed by atoms with Crippen LogP contribution in [0.4, 0.5) is 0 Å². The van der Waals surface area contributed by atoms with Gasteiger partial charge in [0.15, 0.2) is 0 Å².